The highest BCUT2D eigenvalue weighted by molar-refractivity contribution is 5.76. The van der Waals surface area contributed by atoms with E-state index in [9.17, 15) is 4.79 Å². The third kappa shape index (κ3) is 4.43. The third-order valence-corrected chi connectivity index (χ3v) is 2.23. The minimum absolute atomic E-state index is 0.0372. The molecule has 1 rings (SSSR count). The van der Waals surface area contributed by atoms with Crippen molar-refractivity contribution in [3.8, 4) is 0 Å². The number of hydrogen-bond acceptors (Lipinski definition) is 2. The molecule has 0 bridgehead atoms. The van der Waals surface area contributed by atoms with Crippen LogP contribution >= 0.6 is 0 Å². The minimum atomic E-state index is 0.0372. The van der Waals surface area contributed by atoms with Gasteiger partial charge in [-0.3, -0.25) is 9.78 Å². The topological polar surface area (TPSA) is 33.2 Å². The first-order valence-corrected chi connectivity index (χ1v) is 5.52. The Morgan fingerprint density at radius 1 is 1.38 bits per heavy atom. The second-order valence-electron chi connectivity index (χ2n) is 5.31. The standard InChI is InChI=1S/C13H20N2O/c1-13(2,3)9-12(16)15(4)10-11-7-5-6-8-14-11/h5-8H,9-10H2,1-4H3. The number of pyridine rings is 1. The molecular weight excluding hydrogens is 200 g/mol. The van der Waals surface area contributed by atoms with Crippen molar-refractivity contribution in [2.24, 2.45) is 5.41 Å². The number of hydrogen-bond donors (Lipinski definition) is 0. The van der Waals surface area contributed by atoms with E-state index in [4.69, 9.17) is 0 Å². The molecule has 0 aliphatic heterocycles. The molecule has 3 heteroatoms. The molecule has 0 aromatic carbocycles. The first kappa shape index (κ1) is 12.7. The van der Waals surface area contributed by atoms with Crippen molar-refractivity contribution in [3.05, 3.63) is 30.1 Å². The molecular formula is C13H20N2O. The van der Waals surface area contributed by atoms with Crippen molar-refractivity contribution in [2.45, 2.75) is 33.7 Å². The Morgan fingerprint density at radius 2 is 2.06 bits per heavy atom. The average molecular weight is 220 g/mol. The molecule has 0 atom stereocenters. The van der Waals surface area contributed by atoms with Crippen LogP contribution in [0.5, 0.6) is 0 Å². The molecule has 1 heterocycles. The highest BCUT2D eigenvalue weighted by atomic mass is 16.2. The maximum atomic E-state index is 11.9. The van der Waals surface area contributed by atoms with Crippen LogP contribution in [0, 0.1) is 5.41 Å². The number of aromatic nitrogens is 1. The van der Waals surface area contributed by atoms with E-state index in [1.165, 1.54) is 0 Å². The molecule has 0 saturated carbocycles. The highest BCUT2D eigenvalue weighted by Crippen LogP contribution is 2.19. The quantitative estimate of drug-likeness (QED) is 0.784. The van der Waals surface area contributed by atoms with Crippen molar-refractivity contribution < 1.29 is 4.79 Å². The predicted octanol–water partition coefficient (Wildman–Crippen LogP) is 2.48. The smallest absolute Gasteiger partial charge is 0.223 e. The molecule has 1 amide bonds. The Balaban J connectivity index is 2.53. The molecule has 0 saturated heterocycles. The summed E-state index contributed by atoms with van der Waals surface area (Å²) in [6.45, 7) is 6.79. The summed E-state index contributed by atoms with van der Waals surface area (Å²) in [6.07, 6.45) is 2.31. The summed E-state index contributed by atoms with van der Waals surface area (Å²) in [5.41, 5.74) is 0.961. The molecule has 0 aliphatic carbocycles. The molecule has 16 heavy (non-hydrogen) atoms. The van der Waals surface area contributed by atoms with Crippen LogP contribution in [0.25, 0.3) is 0 Å². The van der Waals surface area contributed by atoms with Gasteiger partial charge in [0.15, 0.2) is 0 Å². The lowest BCUT2D eigenvalue weighted by molar-refractivity contribution is -0.132. The fourth-order valence-corrected chi connectivity index (χ4v) is 1.41. The van der Waals surface area contributed by atoms with Gasteiger partial charge in [0.05, 0.1) is 12.2 Å². The van der Waals surface area contributed by atoms with Crippen LogP contribution in [0.15, 0.2) is 24.4 Å². The van der Waals surface area contributed by atoms with Gasteiger partial charge in [-0.1, -0.05) is 26.8 Å². The lowest BCUT2D eigenvalue weighted by Gasteiger charge is -2.23. The Labute approximate surface area is 97.5 Å². The first-order chi connectivity index (χ1) is 7.38. The van der Waals surface area contributed by atoms with E-state index in [0.717, 1.165) is 5.69 Å². The molecule has 1 aromatic heterocycles. The van der Waals surface area contributed by atoms with Crippen molar-refractivity contribution in [1.82, 2.24) is 9.88 Å². The lowest BCUT2D eigenvalue weighted by atomic mass is 9.92. The first-order valence-electron chi connectivity index (χ1n) is 5.52. The second kappa shape index (κ2) is 5.10. The van der Waals surface area contributed by atoms with E-state index in [1.807, 2.05) is 25.2 Å². The van der Waals surface area contributed by atoms with E-state index < -0.39 is 0 Å². The van der Waals surface area contributed by atoms with Gasteiger partial charge in [0.25, 0.3) is 0 Å². The molecule has 0 N–H and O–H groups in total. The van der Waals surface area contributed by atoms with Gasteiger partial charge in [0, 0.05) is 19.7 Å². The third-order valence-electron chi connectivity index (χ3n) is 2.23. The van der Waals surface area contributed by atoms with Gasteiger partial charge in [-0.05, 0) is 17.5 Å². The number of carbonyl (C=O) groups is 1. The fourth-order valence-electron chi connectivity index (χ4n) is 1.41. The zero-order chi connectivity index (χ0) is 12.2. The maximum Gasteiger partial charge on any atom is 0.223 e. The van der Waals surface area contributed by atoms with Gasteiger partial charge in [0.2, 0.25) is 5.91 Å². The second-order valence-corrected chi connectivity index (χ2v) is 5.31. The summed E-state index contributed by atoms with van der Waals surface area (Å²) >= 11 is 0. The number of nitrogens with zero attached hydrogens (tertiary/aromatic N) is 2. The zero-order valence-electron chi connectivity index (χ0n) is 10.5. The van der Waals surface area contributed by atoms with Gasteiger partial charge in [0.1, 0.15) is 0 Å². The van der Waals surface area contributed by atoms with Gasteiger partial charge in [-0.25, -0.2) is 0 Å². The highest BCUT2D eigenvalue weighted by Gasteiger charge is 2.18. The van der Waals surface area contributed by atoms with Crippen LogP contribution in [0.1, 0.15) is 32.9 Å². The summed E-state index contributed by atoms with van der Waals surface area (Å²) in [4.78, 5) is 17.8. The van der Waals surface area contributed by atoms with Gasteiger partial charge in [-0.2, -0.15) is 0 Å². The van der Waals surface area contributed by atoms with Crippen molar-refractivity contribution >= 4 is 5.91 Å². The van der Waals surface area contributed by atoms with Crippen molar-refractivity contribution in [3.63, 3.8) is 0 Å². The molecule has 0 aliphatic rings. The van der Waals surface area contributed by atoms with Crippen molar-refractivity contribution in [1.29, 1.82) is 0 Å². The Bertz CT molecular complexity index is 341. The monoisotopic (exact) mass is 220 g/mol. The number of carbonyl (C=O) groups excluding carboxylic acids is 1. The van der Waals surface area contributed by atoms with Crippen LogP contribution in [-0.4, -0.2) is 22.8 Å². The van der Waals surface area contributed by atoms with E-state index in [-0.39, 0.29) is 11.3 Å². The normalized spacial score (nSPS) is 11.2. The molecule has 0 spiro atoms. The summed E-state index contributed by atoms with van der Waals surface area (Å²) < 4.78 is 0. The minimum Gasteiger partial charge on any atom is -0.340 e. The van der Waals surface area contributed by atoms with E-state index >= 15 is 0 Å². The molecule has 0 fully saturated rings. The molecule has 0 radical (unpaired) electrons. The summed E-state index contributed by atoms with van der Waals surface area (Å²) in [7, 11) is 1.82. The maximum absolute atomic E-state index is 11.9. The van der Waals surface area contributed by atoms with Crippen LogP contribution in [0.4, 0.5) is 0 Å². The zero-order valence-corrected chi connectivity index (χ0v) is 10.5. The molecule has 3 nitrogen and oxygen atoms in total. The summed E-state index contributed by atoms with van der Waals surface area (Å²) in [6, 6.07) is 5.74. The number of rotatable bonds is 3. The SMILES string of the molecule is CN(Cc1ccccn1)C(=O)CC(C)(C)C. The summed E-state index contributed by atoms with van der Waals surface area (Å²) in [5, 5.41) is 0. The Kier molecular flexibility index (Phi) is 4.05. The molecule has 88 valence electrons. The van der Waals surface area contributed by atoms with Gasteiger partial charge < -0.3 is 4.90 Å². The van der Waals surface area contributed by atoms with Crippen LogP contribution in [-0.2, 0) is 11.3 Å². The predicted molar refractivity (Wildman–Crippen MR) is 64.8 cm³/mol. The molecule has 0 unspecified atom stereocenters. The van der Waals surface area contributed by atoms with Crippen LogP contribution < -0.4 is 0 Å². The van der Waals surface area contributed by atoms with Gasteiger partial charge in [-0.15, -0.1) is 0 Å². The largest absolute Gasteiger partial charge is 0.340 e. The lowest BCUT2D eigenvalue weighted by Crippen LogP contribution is -2.29. The van der Waals surface area contributed by atoms with E-state index in [2.05, 4.69) is 25.8 Å². The van der Waals surface area contributed by atoms with Crippen molar-refractivity contribution in [2.75, 3.05) is 7.05 Å². The Hall–Kier alpha value is -1.38. The van der Waals surface area contributed by atoms with Gasteiger partial charge >= 0.3 is 0 Å². The molecule has 1 aromatic rings. The fraction of sp³-hybridized carbons (Fsp3) is 0.538. The van der Waals surface area contributed by atoms with E-state index in [0.29, 0.717) is 13.0 Å². The number of amides is 1. The van der Waals surface area contributed by atoms with E-state index in [1.54, 1.807) is 11.1 Å². The summed E-state index contributed by atoms with van der Waals surface area (Å²) in [5.74, 6) is 0.165. The average Bonchev–Trinajstić information content (AvgIpc) is 2.16. The van der Waals surface area contributed by atoms with Crippen LogP contribution in [0.3, 0.4) is 0 Å². The van der Waals surface area contributed by atoms with Crippen LogP contribution in [0.2, 0.25) is 0 Å². The Morgan fingerprint density at radius 3 is 2.56 bits per heavy atom.